The molecule has 104 valence electrons. The first-order valence-electron chi connectivity index (χ1n) is 6.86. The quantitative estimate of drug-likeness (QED) is 0.903. The lowest BCUT2D eigenvalue weighted by molar-refractivity contribution is 0.0951. The van der Waals surface area contributed by atoms with Crippen molar-refractivity contribution in [1.82, 2.24) is 10.6 Å². The Morgan fingerprint density at radius 3 is 2.90 bits per heavy atom. The summed E-state index contributed by atoms with van der Waals surface area (Å²) in [6, 6.07) is 15.0. The number of nitriles is 1. The van der Waals surface area contributed by atoms with Crippen molar-refractivity contribution < 1.29 is 4.79 Å². The van der Waals surface area contributed by atoms with Crippen LogP contribution in [0.4, 0.5) is 0 Å². The van der Waals surface area contributed by atoms with E-state index in [0.717, 1.165) is 18.7 Å². The third-order valence-corrected chi connectivity index (χ3v) is 3.61. The van der Waals surface area contributed by atoms with Crippen molar-refractivity contribution in [2.75, 3.05) is 0 Å². The first-order valence-corrected chi connectivity index (χ1v) is 6.86. The van der Waals surface area contributed by atoms with Crippen LogP contribution in [0.25, 0.3) is 0 Å². The Hall–Kier alpha value is -2.64. The molecule has 1 heterocycles. The van der Waals surface area contributed by atoms with Gasteiger partial charge in [0.2, 0.25) is 0 Å². The molecule has 1 amide bonds. The second-order valence-electron chi connectivity index (χ2n) is 5.08. The molecule has 1 aliphatic heterocycles. The molecule has 2 N–H and O–H groups in total. The summed E-state index contributed by atoms with van der Waals surface area (Å²) >= 11 is 0. The van der Waals surface area contributed by atoms with Crippen molar-refractivity contribution >= 4 is 5.91 Å². The number of nitrogens with zero attached hydrogens (tertiary/aromatic N) is 1. The van der Waals surface area contributed by atoms with Crippen LogP contribution < -0.4 is 10.6 Å². The highest BCUT2D eigenvalue weighted by Gasteiger charge is 2.11. The number of nitrogens with one attached hydrogen (secondary N) is 2. The Kier molecular flexibility index (Phi) is 3.67. The number of hydrogen-bond acceptors (Lipinski definition) is 3. The maximum atomic E-state index is 12.1. The molecule has 0 radical (unpaired) electrons. The molecule has 2 aromatic carbocycles. The van der Waals surface area contributed by atoms with Crippen LogP contribution in [0.3, 0.4) is 0 Å². The molecule has 0 spiro atoms. The summed E-state index contributed by atoms with van der Waals surface area (Å²) in [6.07, 6.45) is 0. The zero-order valence-electron chi connectivity index (χ0n) is 11.5. The SMILES string of the molecule is N#Cc1cccc(C(=O)NCc2ccc3c(c2)CNC3)c1. The van der Waals surface area contributed by atoms with E-state index in [1.807, 2.05) is 12.1 Å². The van der Waals surface area contributed by atoms with E-state index in [1.54, 1.807) is 24.3 Å². The highest BCUT2D eigenvalue weighted by atomic mass is 16.1. The normalized spacial score (nSPS) is 12.5. The summed E-state index contributed by atoms with van der Waals surface area (Å²) in [6.45, 7) is 2.30. The van der Waals surface area contributed by atoms with E-state index in [2.05, 4.69) is 22.8 Å². The minimum absolute atomic E-state index is 0.161. The summed E-state index contributed by atoms with van der Waals surface area (Å²) in [5.74, 6) is -0.161. The van der Waals surface area contributed by atoms with Gasteiger partial charge in [-0.25, -0.2) is 0 Å². The van der Waals surface area contributed by atoms with Crippen LogP contribution in [0.2, 0.25) is 0 Å². The van der Waals surface area contributed by atoms with Crippen molar-refractivity contribution in [1.29, 1.82) is 5.26 Å². The van der Waals surface area contributed by atoms with Gasteiger partial charge in [-0.1, -0.05) is 24.3 Å². The molecule has 0 aromatic heterocycles. The van der Waals surface area contributed by atoms with Crippen LogP contribution in [0.15, 0.2) is 42.5 Å². The smallest absolute Gasteiger partial charge is 0.251 e. The Labute approximate surface area is 123 Å². The molecule has 21 heavy (non-hydrogen) atoms. The van der Waals surface area contributed by atoms with Crippen molar-refractivity contribution in [3.8, 4) is 6.07 Å². The van der Waals surface area contributed by atoms with E-state index in [4.69, 9.17) is 5.26 Å². The monoisotopic (exact) mass is 277 g/mol. The molecular formula is C17H15N3O. The Morgan fingerprint density at radius 2 is 2.05 bits per heavy atom. The first kappa shape index (κ1) is 13.3. The maximum Gasteiger partial charge on any atom is 0.251 e. The molecule has 0 bridgehead atoms. The number of benzene rings is 2. The average Bonchev–Trinajstić information content (AvgIpc) is 3.00. The number of amides is 1. The molecular weight excluding hydrogens is 262 g/mol. The van der Waals surface area contributed by atoms with Gasteiger partial charge in [-0.05, 0) is 34.9 Å². The fourth-order valence-corrected chi connectivity index (χ4v) is 2.47. The van der Waals surface area contributed by atoms with Crippen LogP contribution >= 0.6 is 0 Å². The molecule has 0 fully saturated rings. The minimum Gasteiger partial charge on any atom is -0.348 e. The largest absolute Gasteiger partial charge is 0.348 e. The van der Waals surface area contributed by atoms with Gasteiger partial charge in [0, 0.05) is 25.2 Å². The maximum absolute atomic E-state index is 12.1. The molecule has 4 heteroatoms. The molecule has 0 saturated carbocycles. The van der Waals surface area contributed by atoms with Crippen molar-refractivity contribution in [3.05, 3.63) is 70.3 Å². The lowest BCUT2D eigenvalue weighted by Gasteiger charge is -2.07. The van der Waals surface area contributed by atoms with E-state index in [1.165, 1.54) is 11.1 Å². The van der Waals surface area contributed by atoms with Gasteiger partial charge in [0.05, 0.1) is 11.6 Å². The highest BCUT2D eigenvalue weighted by molar-refractivity contribution is 5.94. The minimum atomic E-state index is -0.161. The fraction of sp³-hybridized carbons (Fsp3) is 0.176. The van der Waals surface area contributed by atoms with Crippen molar-refractivity contribution in [3.63, 3.8) is 0 Å². The summed E-state index contributed by atoms with van der Waals surface area (Å²) in [7, 11) is 0. The third-order valence-electron chi connectivity index (χ3n) is 3.61. The second kappa shape index (κ2) is 5.78. The van der Waals surface area contributed by atoms with Gasteiger partial charge in [-0.15, -0.1) is 0 Å². The zero-order chi connectivity index (χ0) is 14.7. The topological polar surface area (TPSA) is 64.9 Å². The molecule has 1 aliphatic rings. The Balaban J connectivity index is 1.67. The average molecular weight is 277 g/mol. The number of carbonyl (C=O) groups excluding carboxylic acids is 1. The second-order valence-corrected chi connectivity index (χ2v) is 5.08. The molecule has 0 saturated heterocycles. The highest BCUT2D eigenvalue weighted by Crippen LogP contribution is 2.17. The molecule has 0 atom stereocenters. The summed E-state index contributed by atoms with van der Waals surface area (Å²) < 4.78 is 0. The van der Waals surface area contributed by atoms with Gasteiger partial charge in [-0.3, -0.25) is 4.79 Å². The summed E-state index contributed by atoms with van der Waals surface area (Å²) in [5, 5.41) is 15.0. The van der Waals surface area contributed by atoms with Crippen LogP contribution in [0, 0.1) is 11.3 Å². The standard InChI is InChI=1S/C17H15N3O/c18-8-12-2-1-3-14(6-12)17(21)20-9-13-4-5-15-10-19-11-16(15)7-13/h1-7,19H,9-11H2,(H,20,21). The van der Waals surface area contributed by atoms with Crippen molar-refractivity contribution in [2.45, 2.75) is 19.6 Å². The molecule has 4 nitrogen and oxygen atoms in total. The van der Waals surface area contributed by atoms with Crippen LogP contribution in [0.5, 0.6) is 0 Å². The Bertz CT molecular complexity index is 731. The Morgan fingerprint density at radius 1 is 1.19 bits per heavy atom. The van der Waals surface area contributed by atoms with Gasteiger partial charge in [-0.2, -0.15) is 5.26 Å². The molecule has 0 unspecified atom stereocenters. The molecule has 2 aromatic rings. The fourth-order valence-electron chi connectivity index (χ4n) is 2.47. The van der Waals surface area contributed by atoms with E-state index >= 15 is 0 Å². The van der Waals surface area contributed by atoms with Crippen LogP contribution in [-0.2, 0) is 19.6 Å². The van der Waals surface area contributed by atoms with E-state index < -0.39 is 0 Å². The van der Waals surface area contributed by atoms with Gasteiger partial charge >= 0.3 is 0 Å². The van der Waals surface area contributed by atoms with Gasteiger partial charge in [0.15, 0.2) is 0 Å². The lowest BCUT2D eigenvalue weighted by Crippen LogP contribution is -2.22. The van der Waals surface area contributed by atoms with E-state index in [0.29, 0.717) is 17.7 Å². The van der Waals surface area contributed by atoms with Gasteiger partial charge in [0.1, 0.15) is 0 Å². The first-order chi connectivity index (χ1) is 10.3. The predicted octanol–water partition coefficient (Wildman–Crippen LogP) is 2.09. The summed E-state index contributed by atoms with van der Waals surface area (Å²) in [5.41, 5.74) is 4.71. The van der Waals surface area contributed by atoms with Crippen LogP contribution in [-0.4, -0.2) is 5.91 Å². The third kappa shape index (κ3) is 2.93. The van der Waals surface area contributed by atoms with Gasteiger partial charge < -0.3 is 10.6 Å². The number of rotatable bonds is 3. The van der Waals surface area contributed by atoms with Crippen molar-refractivity contribution in [2.24, 2.45) is 0 Å². The van der Waals surface area contributed by atoms with E-state index in [9.17, 15) is 4.79 Å². The van der Waals surface area contributed by atoms with E-state index in [-0.39, 0.29) is 5.91 Å². The van der Waals surface area contributed by atoms with Gasteiger partial charge in [0.25, 0.3) is 5.91 Å². The predicted molar refractivity (Wildman–Crippen MR) is 79.3 cm³/mol. The molecule has 0 aliphatic carbocycles. The number of fused-ring (bicyclic) bond motifs is 1. The molecule has 3 rings (SSSR count). The number of hydrogen-bond donors (Lipinski definition) is 2. The lowest BCUT2D eigenvalue weighted by atomic mass is 10.1. The zero-order valence-corrected chi connectivity index (χ0v) is 11.5. The van der Waals surface area contributed by atoms with Crippen LogP contribution in [0.1, 0.15) is 32.6 Å². The summed E-state index contributed by atoms with van der Waals surface area (Å²) in [4.78, 5) is 12.1. The number of carbonyl (C=O) groups is 1.